The van der Waals surface area contributed by atoms with E-state index in [0.717, 1.165) is 22.3 Å². The van der Waals surface area contributed by atoms with Crippen molar-refractivity contribution in [2.45, 2.75) is 51.1 Å². The fourth-order valence-electron chi connectivity index (χ4n) is 4.88. The lowest BCUT2D eigenvalue weighted by Crippen LogP contribution is -2.64. The molecule has 2 aromatic carbocycles. The van der Waals surface area contributed by atoms with Crippen molar-refractivity contribution in [3.8, 4) is 11.1 Å². The van der Waals surface area contributed by atoms with Gasteiger partial charge in [0.25, 0.3) is 0 Å². The molecule has 1 fully saturated rings. The third kappa shape index (κ3) is 5.03. The summed E-state index contributed by atoms with van der Waals surface area (Å²) in [6.07, 6.45) is -0.273. The van der Waals surface area contributed by atoms with Crippen LogP contribution < -0.4 is 10.6 Å². The minimum atomic E-state index is -1.31. The number of fused-ring (bicyclic) bond motifs is 3. The molecule has 8 nitrogen and oxygen atoms in total. The number of ether oxygens (including phenoxy) is 2. The summed E-state index contributed by atoms with van der Waals surface area (Å²) in [6, 6.07) is 15.0. The Kier molecular flexibility index (Phi) is 6.85. The second-order valence-corrected chi connectivity index (χ2v) is 10.3. The van der Waals surface area contributed by atoms with Crippen LogP contribution in [0.25, 0.3) is 11.1 Å². The van der Waals surface area contributed by atoms with Crippen molar-refractivity contribution in [3.05, 3.63) is 59.7 Å². The first-order valence-electron chi connectivity index (χ1n) is 11.9. The molecule has 0 saturated carbocycles. The maximum absolute atomic E-state index is 13.3. The van der Waals surface area contributed by atoms with Gasteiger partial charge in [-0.2, -0.15) is 0 Å². The summed E-state index contributed by atoms with van der Waals surface area (Å²) >= 11 is 0. The van der Waals surface area contributed by atoms with Gasteiger partial charge >= 0.3 is 12.1 Å². The van der Waals surface area contributed by atoms with Crippen molar-refractivity contribution >= 4 is 18.0 Å². The van der Waals surface area contributed by atoms with Crippen LogP contribution in [0.1, 0.15) is 50.7 Å². The van der Waals surface area contributed by atoms with Gasteiger partial charge in [-0.25, -0.2) is 9.59 Å². The van der Waals surface area contributed by atoms with E-state index in [0.29, 0.717) is 0 Å². The second kappa shape index (κ2) is 9.70. The first-order valence-corrected chi connectivity index (χ1v) is 11.9. The standard InChI is InChI=1S/C27H32N2O6/c1-26(2,3)22(23(30)31)28-24(32)27(12-14-34-15-13-27)29-25(33)35-16-21-19-10-6-4-8-17(19)18-9-5-7-11-20(18)21/h4-11,21-22H,12-16H2,1-3H3,(H,28,32)(H,29,33)(H,30,31). The van der Waals surface area contributed by atoms with Crippen LogP contribution in [0.4, 0.5) is 4.79 Å². The molecule has 186 valence electrons. The molecule has 1 atom stereocenters. The lowest BCUT2D eigenvalue weighted by Gasteiger charge is -2.38. The van der Waals surface area contributed by atoms with Crippen molar-refractivity contribution < 1.29 is 29.0 Å². The number of alkyl carbamates (subject to hydrolysis) is 1. The van der Waals surface area contributed by atoms with E-state index in [-0.39, 0.29) is 38.6 Å². The molecule has 2 aromatic rings. The van der Waals surface area contributed by atoms with Gasteiger partial charge in [-0.05, 0) is 27.7 Å². The summed E-state index contributed by atoms with van der Waals surface area (Å²) in [5.41, 5.74) is 2.42. The summed E-state index contributed by atoms with van der Waals surface area (Å²) in [5, 5.41) is 15.0. The van der Waals surface area contributed by atoms with Crippen LogP contribution in [0.5, 0.6) is 0 Å². The topological polar surface area (TPSA) is 114 Å². The van der Waals surface area contributed by atoms with Crippen LogP contribution in [0, 0.1) is 5.41 Å². The van der Waals surface area contributed by atoms with Crippen molar-refractivity contribution in [2.75, 3.05) is 19.8 Å². The quantitative estimate of drug-likeness (QED) is 0.581. The molecule has 35 heavy (non-hydrogen) atoms. The zero-order valence-corrected chi connectivity index (χ0v) is 20.3. The van der Waals surface area contributed by atoms with E-state index in [1.165, 1.54) is 0 Å². The van der Waals surface area contributed by atoms with E-state index in [9.17, 15) is 19.5 Å². The molecule has 0 radical (unpaired) electrons. The lowest BCUT2D eigenvalue weighted by atomic mass is 9.84. The second-order valence-electron chi connectivity index (χ2n) is 10.3. The molecular formula is C27H32N2O6. The Morgan fingerprint density at radius 2 is 1.57 bits per heavy atom. The van der Waals surface area contributed by atoms with Crippen LogP contribution in [0.3, 0.4) is 0 Å². The number of amides is 2. The molecule has 4 rings (SSSR count). The van der Waals surface area contributed by atoms with E-state index < -0.39 is 35.0 Å². The Bertz CT molecular complexity index is 1070. The molecule has 0 aromatic heterocycles. The van der Waals surface area contributed by atoms with Gasteiger partial charge in [0, 0.05) is 32.0 Å². The van der Waals surface area contributed by atoms with E-state index in [4.69, 9.17) is 9.47 Å². The van der Waals surface area contributed by atoms with Crippen molar-refractivity contribution in [1.29, 1.82) is 0 Å². The van der Waals surface area contributed by atoms with Gasteiger partial charge in [0.2, 0.25) is 5.91 Å². The minimum Gasteiger partial charge on any atom is -0.480 e. The Labute approximate surface area is 205 Å². The Hall–Kier alpha value is -3.39. The van der Waals surface area contributed by atoms with Crippen molar-refractivity contribution in [1.82, 2.24) is 10.6 Å². The maximum Gasteiger partial charge on any atom is 0.408 e. The van der Waals surface area contributed by atoms with Gasteiger partial charge in [0.05, 0.1) is 0 Å². The molecule has 0 bridgehead atoms. The van der Waals surface area contributed by atoms with Gasteiger partial charge in [-0.15, -0.1) is 0 Å². The number of hydrogen-bond donors (Lipinski definition) is 3. The van der Waals surface area contributed by atoms with Crippen LogP contribution in [-0.2, 0) is 19.1 Å². The van der Waals surface area contributed by atoms with E-state index in [1.807, 2.05) is 36.4 Å². The Morgan fingerprint density at radius 3 is 2.09 bits per heavy atom. The summed E-state index contributed by atoms with van der Waals surface area (Å²) < 4.78 is 11.1. The molecule has 2 amide bonds. The average Bonchev–Trinajstić information content (AvgIpc) is 3.14. The molecule has 1 aliphatic heterocycles. The van der Waals surface area contributed by atoms with E-state index in [1.54, 1.807) is 20.8 Å². The third-order valence-electron chi connectivity index (χ3n) is 6.85. The minimum absolute atomic E-state index is 0.107. The van der Waals surface area contributed by atoms with E-state index in [2.05, 4.69) is 22.8 Å². The van der Waals surface area contributed by atoms with Gasteiger partial charge in [0.15, 0.2) is 0 Å². The molecule has 2 aliphatic rings. The largest absolute Gasteiger partial charge is 0.480 e. The number of carbonyl (C=O) groups is 3. The molecule has 1 saturated heterocycles. The summed E-state index contributed by atoms with van der Waals surface area (Å²) in [5.74, 6) is -1.78. The first-order chi connectivity index (χ1) is 16.6. The maximum atomic E-state index is 13.3. The highest BCUT2D eigenvalue weighted by atomic mass is 16.5. The van der Waals surface area contributed by atoms with E-state index >= 15 is 0 Å². The monoisotopic (exact) mass is 480 g/mol. The predicted molar refractivity (Wildman–Crippen MR) is 130 cm³/mol. The highest BCUT2D eigenvalue weighted by molar-refractivity contribution is 5.93. The fourth-order valence-corrected chi connectivity index (χ4v) is 4.88. The van der Waals surface area contributed by atoms with Gasteiger partial charge < -0.3 is 25.2 Å². The number of hydrogen-bond acceptors (Lipinski definition) is 5. The zero-order chi connectivity index (χ0) is 25.2. The van der Waals surface area contributed by atoms with Gasteiger partial charge in [-0.1, -0.05) is 69.3 Å². The molecule has 1 unspecified atom stereocenters. The number of aliphatic carboxylic acids is 1. The van der Waals surface area contributed by atoms with Gasteiger partial charge in [-0.3, -0.25) is 4.79 Å². The van der Waals surface area contributed by atoms with Crippen LogP contribution in [0.15, 0.2) is 48.5 Å². The average molecular weight is 481 g/mol. The third-order valence-corrected chi connectivity index (χ3v) is 6.85. The smallest absolute Gasteiger partial charge is 0.408 e. The summed E-state index contributed by atoms with van der Waals surface area (Å²) in [6.45, 7) is 5.87. The number of nitrogens with one attached hydrogen (secondary N) is 2. The Balaban J connectivity index is 1.48. The number of carbonyl (C=O) groups excluding carboxylic acids is 2. The highest BCUT2D eigenvalue weighted by Crippen LogP contribution is 2.44. The first kappa shape index (κ1) is 24.7. The molecule has 1 heterocycles. The van der Waals surface area contributed by atoms with Crippen molar-refractivity contribution in [2.24, 2.45) is 5.41 Å². The normalized spacial score (nSPS) is 17.6. The number of carboxylic acid groups (broad SMARTS) is 1. The molecular weight excluding hydrogens is 448 g/mol. The molecule has 0 spiro atoms. The summed E-state index contributed by atoms with van der Waals surface area (Å²) in [7, 11) is 0. The Morgan fingerprint density at radius 1 is 1.03 bits per heavy atom. The van der Waals surface area contributed by atoms with Gasteiger partial charge in [0.1, 0.15) is 18.2 Å². The number of carboxylic acids is 1. The SMILES string of the molecule is CC(C)(C)C(NC(=O)C1(NC(=O)OCC2c3ccccc3-c3ccccc32)CCOCC1)C(=O)O. The molecule has 8 heteroatoms. The number of benzene rings is 2. The van der Waals surface area contributed by atoms with Crippen LogP contribution in [-0.4, -0.2) is 54.5 Å². The molecule has 1 aliphatic carbocycles. The van der Waals surface area contributed by atoms with Crippen LogP contribution >= 0.6 is 0 Å². The van der Waals surface area contributed by atoms with Crippen molar-refractivity contribution in [3.63, 3.8) is 0 Å². The summed E-state index contributed by atoms with van der Waals surface area (Å²) in [4.78, 5) is 38.0. The lowest BCUT2D eigenvalue weighted by molar-refractivity contribution is -0.147. The molecule has 3 N–H and O–H groups in total. The zero-order valence-electron chi connectivity index (χ0n) is 20.3. The predicted octanol–water partition coefficient (Wildman–Crippen LogP) is 3.69. The number of rotatable bonds is 6. The fraction of sp³-hybridized carbons (Fsp3) is 0.444. The highest BCUT2D eigenvalue weighted by Gasteiger charge is 2.45. The van der Waals surface area contributed by atoms with Crippen LogP contribution in [0.2, 0.25) is 0 Å².